The number of hydrogen-bond acceptors (Lipinski definition) is 1. The molecule has 2 rings (SSSR count). The lowest BCUT2D eigenvalue weighted by atomic mass is 10.0. The van der Waals surface area contributed by atoms with Gasteiger partial charge >= 0.3 is 6.18 Å². The number of alkyl halides is 3. The van der Waals surface area contributed by atoms with E-state index in [1.807, 2.05) is 13.8 Å². The second-order valence-corrected chi connectivity index (χ2v) is 4.64. The summed E-state index contributed by atoms with van der Waals surface area (Å²) >= 11 is 0. The van der Waals surface area contributed by atoms with E-state index >= 15 is 0 Å². The number of aromatic nitrogens is 1. The maximum absolute atomic E-state index is 12.8. The second kappa shape index (κ2) is 4.29. The van der Waals surface area contributed by atoms with Crippen molar-refractivity contribution in [2.75, 3.05) is 0 Å². The van der Waals surface area contributed by atoms with Crippen molar-refractivity contribution in [2.24, 2.45) is 5.73 Å². The topological polar surface area (TPSA) is 48.0 Å². The number of benzene rings is 1. The quantitative estimate of drug-likeness (QED) is 0.893. The molecule has 1 heterocycles. The van der Waals surface area contributed by atoms with Crippen LogP contribution in [0.15, 0.2) is 24.4 Å². The first kappa shape index (κ1) is 13.5. The molecule has 0 radical (unpaired) electrons. The Balaban J connectivity index is 2.83. The van der Waals surface area contributed by atoms with Gasteiger partial charge in [0.2, 0.25) is 5.91 Å². The fraction of sp³-hybridized carbons (Fsp3) is 0.308. The van der Waals surface area contributed by atoms with Crippen molar-refractivity contribution in [3.8, 4) is 0 Å². The highest BCUT2D eigenvalue weighted by Gasteiger charge is 2.32. The van der Waals surface area contributed by atoms with Crippen molar-refractivity contribution in [3.63, 3.8) is 0 Å². The van der Waals surface area contributed by atoms with Gasteiger partial charge in [-0.25, -0.2) is 0 Å². The zero-order valence-electron chi connectivity index (χ0n) is 10.5. The van der Waals surface area contributed by atoms with E-state index in [4.69, 9.17) is 5.73 Å². The smallest absolute Gasteiger partial charge is 0.366 e. The molecule has 0 aliphatic heterocycles. The average molecular weight is 270 g/mol. The highest BCUT2D eigenvalue weighted by atomic mass is 19.4. The number of nitrogens with zero attached hydrogens (tertiary/aromatic N) is 1. The van der Waals surface area contributed by atoms with Crippen LogP contribution in [0.4, 0.5) is 13.2 Å². The predicted molar refractivity (Wildman–Crippen MR) is 65.8 cm³/mol. The molecule has 0 unspecified atom stereocenters. The molecule has 0 fully saturated rings. The standard InChI is InChI=1S/C13H13F3N2O/c1-7(2)18-4-3-9-10(12(17)19)5-8(6-11(9)18)13(14,15)16/h3-7H,1-2H3,(H2,17,19). The van der Waals surface area contributed by atoms with Crippen LogP contribution in [0.2, 0.25) is 0 Å². The number of halogens is 3. The summed E-state index contributed by atoms with van der Waals surface area (Å²) in [6.45, 7) is 3.70. The van der Waals surface area contributed by atoms with Crippen molar-refractivity contribution in [1.82, 2.24) is 4.57 Å². The van der Waals surface area contributed by atoms with E-state index in [0.29, 0.717) is 10.9 Å². The van der Waals surface area contributed by atoms with Crippen molar-refractivity contribution in [3.05, 3.63) is 35.5 Å². The number of fused-ring (bicyclic) bond motifs is 1. The van der Waals surface area contributed by atoms with Crippen LogP contribution in [-0.2, 0) is 6.18 Å². The van der Waals surface area contributed by atoms with Gasteiger partial charge in [0, 0.05) is 28.7 Å². The van der Waals surface area contributed by atoms with Gasteiger partial charge in [-0.3, -0.25) is 4.79 Å². The number of hydrogen-bond donors (Lipinski definition) is 1. The lowest BCUT2D eigenvalue weighted by Gasteiger charge is -2.13. The molecule has 3 nitrogen and oxygen atoms in total. The van der Waals surface area contributed by atoms with Gasteiger partial charge < -0.3 is 10.3 Å². The highest BCUT2D eigenvalue weighted by Crippen LogP contribution is 2.34. The van der Waals surface area contributed by atoms with Gasteiger partial charge in [0.1, 0.15) is 0 Å². The monoisotopic (exact) mass is 270 g/mol. The molecule has 0 atom stereocenters. The van der Waals surface area contributed by atoms with Gasteiger partial charge in [0.05, 0.1) is 5.56 Å². The molecule has 1 amide bonds. The maximum atomic E-state index is 12.8. The molecule has 0 saturated heterocycles. The van der Waals surface area contributed by atoms with E-state index < -0.39 is 17.6 Å². The molecule has 1 aromatic carbocycles. The van der Waals surface area contributed by atoms with Crippen LogP contribution < -0.4 is 5.73 Å². The minimum atomic E-state index is -4.51. The molecule has 2 N–H and O–H groups in total. The van der Waals surface area contributed by atoms with Crippen molar-refractivity contribution in [2.45, 2.75) is 26.1 Å². The lowest BCUT2D eigenvalue weighted by Crippen LogP contribution is -2.14. The number of primary amides is 1. The van der Waals surface area contributed by atoms with Crippen molar-refractivity contribution >= 4 is 16.8 Å². The number of rotatable bonds is 2. The molecular formula is C13H13F3N2O. The minimum Gasteiger partial charge on any atom is -0.366 e. The molecule has 102 valence electrons. The molecule has 2 aromatic rings. The maximum Gasteiger partial charge on any atom is 0.416 e. The van der Waals surface area contributed by atoms with E-state index in [-0.39, 0.29) is 11.6 Å². The van der Waals surface area contributed by atoms with Gasteiger partial charge in [-0.1, -0.05) is 0 Å². The van der Waals surface area contributed by atoms with Crippen LogP contribution in [0.3, 0.4) is 0 Å². The predicted octanol–water partition coefficient (Wildman–Crippen LogP) is 3.34. The molecule has 0 spiro atoms. The van der Waals surface area contributed by atoms with E-state index in [1.54, 1.807) is 16.8 Å². The number of carbonyl (C=O) groups is 1. The zero-order valence-corrected chi connectivity index (χ0v) is 10.5. The summed E-state index contributed by atoms with van der Waals surface area (Å²) in [7, 11) is 0. The molecule has 19 heavy (non-hydrogen) atoms. The summed E-state index contributed by atoms with van der Waals surface area (Å²) in [4.78, 5) is 11.3. The molecule has 6 heteroatoms. The molecule has 1 aromatic heterocycles. The van der Waals surface area contributed by atoms with Gasteiger partial charge in [0.25, 0.3) is 0 Å². The molecular weight excluding hydrogens is 257 g/mol. The highest BCUT2D eigenvalue weighted by molar-refractivity contribution is 6.06. The largest absolute Gasteiger partial charge is 0.416 e. The fourth-order valence-corrected chi connectivity index (χ4v) is 2.08. The summed E-state index contributed by atoms with van der Waals surface area (Å²) < 4.78 is 40.2. The first-order valence-corrected chi connectivity index (χ1v) is 5.73. The van der Waals surface area contributed by atoms with Gasteiger partial charge in [-0.2, -0.15) is 13.2 Å². The van der Waals surface area contributed by atoms with Crippen LogP contribution in [0, 0.1) is 0 Å². The van der Waals surface area contributed by atoms with Crippen molar-refractivity contribution in [1.29, 1.82) is 0 Å². The molecule has 0 aliphatic rings. The first-order chi connectivity index (χ1) is 8.71. The van der Waals surface area contributed by atoms with E-state index in [2.05, 4.69) is 0 Å². The first-order valence-electron chi connectivity index (χ1n) is 5.73. The normalized spacial score (nSPS) is 12.3. The van der Waals surface area contributed by atoms with Gasteiger partial charge in [-0.15, -0.1) is 0 Å². The zero-order chi connectivity index (χ0) is 14.4. The lowest BCUT2D eigenvalue weighted by molar-refractivity contribution is -0.137. The SMILES string of the molecule is CC(C)n1ccc2c(C(N)=O)cc(C(F)(F)F)cc21. The third-order valence-electron chi connectivity index (χ3n) is 2.99. The Hall–Kier alpha value is -1.98. The summed E-state index contributed by atoms with van der Waals surface area (Å²) in [6.07, 6.45) is -2.85. The van der Waals surface area contributed by atoms with Crippen LogP contribution in [0.1, 0.15) is 35.8 Å². The van der Waals surface area contributed by atoms with E-state index in [0.717, 1.165) is 12.1 Å². The van der Waals surface area contributed by atoms with E-state index in [1.165, 1.54) is 0 Å². The third kappa shape index (κ3) is 2.30. The fourth-order valence-electron chi connectivity index (χ4n) is 2.08. The van der Waals surface area contributed by atoms with Crippen LogP contribution in [0.25, 0.3) is 10.9 Å². The van der Waals surface area contributed by atoms with Crippen LogP contribution in [0.5, 0.6) is 0 Å². The number of amides is 1. The van der Waals surface area contributed by atoms with Gasteiger partial charge in [0.15, 0.2) is 0 Å². The Labute approximate surface area is 107 Å². The Kier molecular flexibility index (Phi) is 3.04. The molecule has 0 saturated carbocycles. The number of nitrogens with two attached hydrogens (primary N) is 1. The third-order valence-corrected chi connectivity index (χ3v) is 2.99. The molecule has 0 bridgehead atoms. The molecule has 0 aliphatic carbocycles. The Morgan fingerprint density at radius 3 is 2.42 bits per heavy atom. The summed E-state index contributed by atoms with van der Waals surface area (Å²) in [5.74, 6) is -0.863. The second-order valence-electron chi connectivity index (χ2n) is 4.64. The Morgan fingerprint density at radius 1 is 1.32 bits per heavy atom. The summed E-state index contributed by atoms with van der Waals surface area (Å²) in [5.41, 5.74) is 4.55. The van der Waals surface area contributed by atoms with Gasteiger partial charge in [-0.05, 0) is 32.0 Å². The van der Waals surface area contributed by atoms with E-state index in [9.17, 15) is 18.0 Å². The van der Waals surface area contributed by atoms with Crippen LogP contribution >= 0.6 is 0 Å². The Morgan fingerprint density at radius 2 is 1.95 bits per heavy atom. The summed E-state index contributed by atoms with van der Waals surface area (Å²) in [6, 6.07) is 3.44. The van der Waals surface area contributed by atoms with Crippen molar-refractivity contribution < 1.29 is 18.0 Å². The van der Waals surface area contributed by atoms with Crippen LogP contribution in [-0.4, -0.2) is 10.5 Å². The number of carbonyl (C=O) groups excluding carboxylic acids is 1. The minimum absolute atomic E-state index is 0.0123. The average Bonchev–Trinajstić information content (AvgIpc) is 2.69. The Bertz CT molecular complexity index is 641. The summed E-state index contributed by atoms with van der Waals surface area (Å²) in [5, 5.41) is 0.439.